The molecule has 0 saturated carbocycles. The van der Waals surface area contributed by atoms with Crippen molar-refractivity contribution >= 4 is 40.0 Å². The average Bonchev–Trinajstić information content (AvgIpc) is 3.39. The molecule has 6 nitrogen and oxygen atoms in total. The number of thioether (sulfide) groups is 1. The highest BCUT2D eigenvalue weighted by molar-refractivity contribution is 8.00. The van der Waals surface area contributed by atoms with Gasteiger partial charge < -0.3 is 13.7 Å². The van der Waals surface area contributed by atoms with Gasteiger partial charge in [-0.05, 0) is 25.1 Å². The van der Waals surface area contributed by atoms with Gasteiger partial charge in [0.1, 0.15) is 16.4 Å². The van der Waals surface area contributed by atoms with Crippen molar-refractivity contribution in [2.75, 3.05) is 7.05 Å². The van der Waals surface area contributed by atoms with Gasteiger partial charge >= 0.3 is 0 Å². The van der Waals surface area contributed by atoms with Crippen molar-refractivity contribution in [3.05, 3.63) is 64.8 Å². The van der Waals surface area contributed by atoms with E-state index in [0.29, 0.717) is 23.6 Å². The number of carbonyl (C=O) groups is 1. The Balaban J connectivity index is 1.63. The molecular formula is C19H17N3O3S2. The molecule has 0 aliphatic carbocycles. The minimum Gasteiger partial charge on any atom is -0.467 e. The molecule has 0 bridgehead atoms. The smallest absolute Gasteiger partial charge is 0.290 e. The number of rotatable bonds is 6. The van der Waals surface area contributed by atoms with Crippen LogP contribution in [0.1, 0.15) is 26.9 Å². The molecule has 138 valence electrons. The monoisotopic (exact) mass is 399 g/mol. The summed E-state index contributed by atoms with van der Waals surface area (Å²) in [6.07, 6.45) is 1.60. The van der Waals surface area contributed by atoms with E-state index in [0.717, 1.165) is 26.1 Å². The summed E-state index contributed by atoms with van der Waals surface area (Å²) in [4.78, 5) is 14.6. The molecule has 27 heavy (non-hydrogen) atoms. The fourth-order valence-electron chi connectivity index (χ4n) is 2.77. The Labute approximate surface area is 164 Å². The van der Waals surface area contributed by atoms with Crippen molar-refractivity contribution in [3.63, 3.8) is 0 Å². The topological polar surface area (TPSA) is 72.4 Å². The minimum absolute atomic E-state index is 0.174. The third-order valence-corrected chi connectivity index (χ3v) is 6.06. The Kier molecular flexibility index (Phi) is 5.00. The van der Waals surface area contributed by atoms with Gasteiger partial charge in [-0.2, -0.15) is 0 Å². The number of nitrogens with zero attached hydrogens (tertiary/aromatic N) is 3. The summed E-state index contributed by atoms with van der Waals surface area (Å²) in [5.41, 5.74) is 1.58. The normalized spacial score (nSPS) is 11.2. The zero-order chi connectivity index (χ0) is 18.8. The predicted octanol–water partition coefficient (Wildman–Crippen LogP) is 4.75. The van der Waals surface area contributed by atoms with Crippen LogP contribution in [0.3, 0.4) is 0 Å². The van der Waals surface area contributed by atoms with E-state index in [-0.39, 0.29) is 5.91 Å². The number of furan rings is 2. The number of amides is 1. The molecule has 3 heterocycles. The van der Waals surface area contributed by atoms with Crippen LogP contribution in [-0.2, 0) is 12.3 Å². The number of carbonyl (C=O) groups excluding carboxylic acids is 1. The maximum absolute atomic E-state index is 13.0. The van der Waals surface area contributed by atoms with Gasteiger partial charge in [0.2, 0.25) is 0 Å². The summed E-state index contributed by atoms with van der Waals surface area (Å²) in [5.74, 6) is 1.49. The standard InChI is InChI=1S/C19H17N3O3S2/c1-12-20-21-19(27-12)26-11-15-14-7-3-4-8-16(14)25-17(15)18(23)22(2)10-13-6-5-9-24-13/h3-9H,10-11H2,1-2H3. The van der Waals surface area contributed by atoms with E-state index in [1.165, 1.54) is 0 Å². The number of fused-ring (bicyclic) bond motifs is 1. The van der Waals surface area contributed by atoms with E-state index in [9.17, 15) is 4.79 Å². The minimum atomic E-state index is -0.174. The van der Waals surface area contributed by atoms with E-state index < -0.39 is 0 Å². The lowest BCUT2D eigenvalue weighted by Crippen LogP contribution is -2.26. The third kappa shape index (κ3) is 3.77. The Hall–Kier alpha value is -2.58. The summed E-state index contributed by atoms with van der Waals surface area (Å²) in [7, 11) is 1.74. The first-order chi connectivity index (χ1) is 13.1. The Morgan fingerprint density at radius 2 is 2.07 bits per heavy atom. The molecule has 0 saturated heterocycles. The zero-order valence-electron chi connectivity index (χ0n) is 14.8. The van der Waals surface area contributed by atoms with Crippen LogP contribution in [0.15, 0.2) is 55.8 Å². The summed E-state index contributed by atoms with van der Waals surface area (Å²) >= 11 is 3.10. The molecule has 1 aromatic carbocycles. The third-order valence-electron chi connectivity index (χ3n) is 4.06. The number of hydrogen-bond donors (Lipinski definition) is 0. The van der Waals surface area contributed by atoms with Gasteiger partial charge in [0, 0.05) is 23.8 Å². The van der Waals surface area contributed by atoms with Crippen LogP contribution in [-0.4, -0.2) is 28.1 Å². The number of aromatic nitrogens is 2. The van der Waals surface area contributed by atoms with Crippen LogP contribution in [0.5, 0.6) is 0 Å². The van der Waals surface area contributed by atoms with Gasteiger partial charge in [0.05, 0.1) is 12.8 Å². The van der Waals surface area contributed by atoms with Crippen molar-refractivity contribution < 1.29 is 13.6 Å². The second kappa shape index (κ2) is 7.58. The van der Waals surface area contributed by atoms with E-state index in [4.69, 9.17) is 8.83 Å². The molecule has 4 aromatic rings. The first kappa shape index (κ1) is 17.8. The van der Waals surface area contributed by atoms with Crippen molar-refractivity contribution in [2.24, 2.45) is 0 Å². The molecule has 1 amide bonds. The molecule has 0 unspecified atom stereocenters. The summed E-state index contributed by atoms with van der Waals surface area (Å²) in [6, 6.07) is 11.4. The first-order valence-electron chi connectivity index (χ1n) is 8.33. The fraction of sp³-hybridized carbons (Fsp3) is 0.211. The Bertz CT molecular complexity index is 1070. The second-order valence-electron chi connectivity index (χ2n) is 6.02. The lowest BCUT2D eigenvalue weighted by molar-refractivity contribution is 0.0745. The molecule has 0 N–H and O–H groups in total. The molecule has 8 heteroatoms. The van der Waals surface area contributed by atoms with Gasteiger partial charge in [-0.3, -0.25) is 4.79 Å². The van der Waals surface area contributed by atoms with E-state index >= 15 is 0 Å². The predicted molar refractivity (Wildman–Crippen MR) is 105 cm³/mol. The molecule has 0 spiro atoms. The molecule has 0 aliphatic heterocycles. The maximum atomic E-state index is 13.0. The lowest BCUT2D eigenvalue weighted by atomic mass is 10.1. The summed E-state index contributed by atoms with van der Waals surface area (Å²) in [5, 5.41) is 10.1. The SMILES string of the molecule is Cc1nnc(SCc2c(C(=O)N(C)Cc3ccco3)oc3ccccc23)s1. The average molecular weight is 399 g/mol. The molecule has 3 aromatic heterocycles. The maximum Gasteiger partial charge on any atom is 0.290 e. The summed E-state index contributed by atoms with van der Waals surface area (Å²) in [6.45, 7) is 2.30. The van der Waals surface area contributed by atoms with Crippen LogP contribution >= 0.6 is 23.1 Å². The number of benzene rings is 1. The van der Waals surface area contributed by atoms with E-state index in [1.807, 2.05) is 37.3 Å². The molecule has 4 rings (SSSR count). The molecule has 0 atom stereocenters. The molecule has 0 radical (unpaired) electrons. The quantitative estimate of drug-likeness (QED) is 0.436. The van der Waals surface area contributed by atoms with Gasteiger partial charge in [-0.1, -0.05) is 41.3 Å². The van der Waals surface area contributed by atoms with Crippen LogP contribution in [0.25, 0.3) is 11.0 Å². The number of aryl methyl sites for hydroxylation is 1. The van der Waals surface area contributed by atoms with Crippen molar-refractivity contribution in [2.45, 2.75) is 23.6 Å². The highest BCUT2D eigenvalue weighted by Gasteiger charge is 2.24. The Morgan fingerprint density at radius 1 is 1.22 bits per heavy atom. The van der Waals surface area contributed by atoms with Crippen molar-refractivity contribution in [3.8, 4) is 0 Å². The van der Waals surface area contributed by atoms with Gasteiger partial charge in [-0.15, -0.1) is 10.2 Å². The van der Waals surface area contributed by atoms with E-state index in [2.05, 4.69) is 10.2 Å². The van der Waals surface area contributed by atoms with Gasteiger partial charge in [0.25, 0.3) is 5.91 Å². The van der Waals surface area contributed by atoms with Crippen LogP contribution in [0.2, 0.25) is 0 Å². The highest BCUT2D eigenvalue weighted by atomic mass is 32.2. The fourth-order valence-corrected chi connectivity index (χ4v) is 4.61. The second-order valence-corrected chi connectivity index (χ2v) is 8.43. The highest BCUT2D eigenvalue weighted by Crippen LogP contribution is 2.33. The van der Waals surface area contributed by atoms with Crippen LogP contribution in [0.4, 0.5) is 0 Å². The van der Waals surface area contributed by atoms with Gasteiger partial charge in [-0.25, -0.2) is 0 Å². The van der Waals surface area contributed by atoms with Crippen molar-refractivity contribution in [1.29, 1.82) is 0 Å². The number of para-hydroxylation sites is 1. The van der Waals surface area contributed by atoms with E-state index in [1.54, 1.807) is 47.4 Å². The van der Waals surface area contributed by atoms with Crippen LogP contribution < -0.4 is 0 Å². The van der Waals surface area contributed by atoms with Crippen LogP contribution in [0, 0.1) is 6.92 Å². The first-order valence-corrected chi connectivity index (χ1v) is 10.1. The lowest BCUT2D eigenvalue weighted by Gasteiger charge is -2.15. The zero-order valence-corrected chi connectivity index (χ0v) is 16.5. The van der Waals surface area contributed by atoms with Gasteiger partial charge in [0.15, 0.2) is 10.1 Å². The molecule has 0 aliphatic rings. The Morgan fingerprint density at radius 3 is 2.81 bits per heavy atom. The number of hydrogen-bond acceptors (Lipinski definition) is 7. The largest absolute Gasteiger partial charge is 0.467 e. The molecular weight excluding hydrogens is 382 g/mol. The van der Waals surface area contributed by atoms with Crippen molar-refractivity contribution in [1.82, 2.24) is 15.1 Å². The molecule has 0 fully saturated rings. The summed E-state index contributed by atoms with van der Waals surface area (Å²) < 4.78 is 12.1.